The van der Waals surface area contributed by atoms with E-state index in [1.807, 2.05) is 6.08 Å². The van der Waals surface area contributed by atoms with E-state index in [1.165, 1.54) is 0 Å². The van der Waals surface area contributed by atoms with Gasteiger partial charge in [0.15, 0.2) is 0 Å². The summed E-state index contributed by atoms with van der Waals surface area (Å²) >= 11 is 0. The van der Waals surface area contributed by atoms with Gasteiger partial charge in [-0.2, -0.15) is 4.89 Å². The molecule has 0 aromatic heterocycles. The van der Waals surface area contributed by atoms with Crippen LogP contribution in [0.3, 0.4) is 0 Å². The van der Waals surface area contributed by atoms with Gasteiger partial charge in [0.25, 0.3) is 0 Å². The van der Waals surface area contributed by atoms with Crippen LogP contribution >= 0.6 is 0 Å². The van der Waals surface area contributed by atoms with Crippen molar-refractivity contribution in [1.82, 2.24) is 0 Å². The van der Waals surface area contributed by atoms with Crippen LogP contribution in [0.1, 0.15) is 25.7 Å². The Morgan fingerprint density at radius 1 is 1.16 bits per heavy atom. The van der Waals surface area contributed by atoms with Crippen molar-refractivity contribution in [1.29, 1.82) is 0 Å². The number of rotatable bonds is 4. The molecule has 1 heterocycles. The van der Waals surface area contributed by atoms with Crippen LogP contribution in [0.5, 0.6) is 0 Å². The molecule has 0 aromatic rings. The van der Waals surface area contributed by atoms with E-state index in [0.717, 1.165) is 25.7 Å². The largest absolute Gasteiger partial charge is 0.394 e. The molecule has 1 aliphatic carbocycles. The fraction of sp³-hybridized carbons (Fsp3) is 0.833. The fourth-order valence-electron chi connectivity index (χ4n) is 2.14. The van der Waals surface area contributed by atoms with E-state index in [9.17, 15) is 15.3 Å². The van der Waals surface area contributed by atoms with Crippen molar-refractivity contribution in [2.75, 3.05) is 6.61 Å². The maximum absolute atomic E-state index is 9.71. The summed E-state index contributed by atoms with van der Waals surface area (Å²) in [4.78, 5) is 10.0. The highest BCUT2D eigenvalue weighted by molar-refractivity contribution is 4.95. The van der Waals surface area contributed by atoms with Gasteiger partial charge in [0, 0.05) is 6.42 Å². The lowest BCUT2D eigenvalue weighted by molar-refractivity contribution is -0.411. The Morgan fingerprint density at radius 2 is 1.95 bits per heavy atom. The number of hydrogen-bond acceptors (Lipinski definition) is 7. The Morgan fingerprint density at radius 3 is 2.58 bits per heavy atom. The molecule has 0 aromatic carbocycles. The lowest BCUT2D eigenvalue weighted by Crippen LogP contribution is -2.59. The number of aliphatic hydroxyl groups excluding tert-OH is 4. The summed E-state index contributed by atoms with van der Waals surface area (Å²) in [6, 6.07) is 0. The summed E-state index contributed by atoms with van der Waals surface area (Å²) in [5, 5.41) is 37.9. The summed E-state index contributed by atoms with van der Waals surface area (Å²) in [5.41, 5.74) is 0. The first-order chi connectivity index (χ1) is 9.13. The van der Waals surface area contributed by atoms with Gasteiger partial charge >= 0.3 is 0 Å². The van der Waals surface area contributed by atoms with Crippen molar-refractivity contribution in [2.24, 2.45) is 0 Å². The monoisotopic (exact) mass is 276 g/mol. The second kappa shape index (κ2) is 6.65. The van der Waals surface area contributed by atoms with Gasteiger partial charge in [-0.05, 0) is 25.3 Å². The first-order valence-corrected chi connectivity index (χ1v) is 6.46. The lowest BCUT2D eigenvalue weighted by atomic mass is 9.99. The molecule has 1 fully saturated rings. The highest BCUT2D eigenvalue weighted by atomic mass is 17.2. The number of aliphatic hydroxyl groups is 4. The third-order valence-corrected chi connectivity index (χ3v) is 3.35. The van der Waals surface area contributed by atoms with Gasteiger partial charge in [0.05, 0.1) is 6.61 Å². The highest BCUT2D eigenvalue weighted by Gasteiger charge is 2.45. The Labute approximate surface area is 110 Å². The van der Waals surface area contributed by atoms with Crippen LogP contribution in [-0.4, -0.2) is 57.7 Å². The minimum atomic E-state index is -1.46. The maximum Gasteiger partial charge on any atom is 0.232 e. The second-order valence-electron chi connectivity index (χ2n) is 4.79. The lowest BCUT2D eigenvalue weighted by Gasteiger charge is -2.38. The average Bonchev–Trinajstić information content (AvgIpc) is 2.45. The molecule has 5 atom stereocenters. The van der Waals surface area contributed by atoms with Gasteiger partial charge in [-0.15, -0.1) is 0 Å². The number of allylic oxidation sites excluding steroid dienone is 2. The predicted octanol–water partition coefficient (Wildman–Crippen LogP) is -0.808. The normalized spacial score (nSPS) is 39.8. The molecule has 7 nitrogen and oxygen atoms in total. The molecule has 0 amide bonds. The van der Waals surface area contributed by atoms with Crippen LogP contribution in [0, 0.1) is 0 Å². The molecular formula is C12H20O7. The van der Waals surface area contributed by atoms with Gasteiger partial charge in [-0.25, -0.2) is 0 Å². The van der Waals surface area contributed by atoms with Crippen molar-refractivity contribution in [3.8, 4) is 0 Å². The molecule has 1 saturated heterocycles. The minimum Gasteiger partial charge on any atom is -0.394 e. The van der Waals surface area contributed by atoms with Gasteiger partial charge in [0.2, 0.25) is 6.29 Å². The van der Waals surface area contributed by atoms with Gasteiger partial charge in [-0.1, -0.05) is 0 Å². The quantitative estimate of drug-likeness (QED) is 0.393. The van der Waals surface area contributed by atoms with E-state index >= 15 is 0 Å². The third kappa shape index (κ3) is 3.44. The summed E-state index contributed by atoms with van der Waals surface area (Å²) in [7, 11) is 0. The Kier molecular flexibility index (Phi) is 5.14. The molecule has 7 heteroatoms. The van der Waals surface area contributed by atoms with E-state index in [0.29, 0.717) is 5.76 Å². The molecule has 110 valence electrons. The van der Waals surface area contributed by atoms with E-state index in [-0.39, 0.29) is 0 Å². The zero-order valence-electron chi connectivity index (χ0n) is 10.5. The van der Waals surface area contributed by atoms with Crippen molar-refractivity contribution in [3.63, 3.8) is 0 Å². The average molecular weight is 276 g/mol. The number of ether oxygens (including phenoxy) is 1. The third-order valence-electron chi connectivity index (χ3n) is 3.35. The Balaban J connectivity index is 1.89. The minimum absolute atomic E-state index is 0.493. The smallest absolute Gasteiger partial charge is 0.232 e. The van der Waals surface area contributed by atoms with Crippen LogP contribution in [-0.2, 0) is 14.5 Å². The molecule has 0 radical (unpaired) electrons. The van der Waals surface area contributed by atoms with E-state index in [1.54, 1.807) is 0 Å². The van der Waals surface area contributed by atoms with Crippen LogP contribution in [0.15, 0.2) is 11.8 Å². The molecule has 2 rings (SSSR count). The molecule has 0 spiro atoms. The second-order valence-corrected chi connectivity index (χ2v) is 4.79. The summed E-state index contributed by atoms with van der Waals surface area (Å²) in [6.45, 7) is -0.493. The van der Waals surface area contributed by atoms with Crippen molar-refractivity contribution < 1.29 is 34.9 Å². The number of hydrogen-bond donors (Lipinski definition) is 4. The SMILES string of the molecule is OC[C@H]1O[C@@H](OOC2=CCCCC2)[C@H](O)[C@@H](O)[C@@H]1O. The fourth-order valence-corrected chi connectivity index (χ4v) is 2.14. The molecule has 2 aliphatic rings. The molecular weight excluding hydrogens is 256 g/mol. The standard InChI is InChI=1S/C12H20O7/c13-6-8-9(14)10(15)11(16)12(17-8)19-18-7-4-2-1-3-5-7/h4,8-16H,1-3,5-6H2/t8-,9-,10+,11-,12+/m1/s1. The zero-order chi connectivity index (χ0) is 13.8. The molecule has 1 aliphatic heterocycles. The van der Waals surface area contributed by atoms with Crippen molar-refractivity contribution >= 4 is 0 Å². The van der Waals surface area contributed by atoms with Crippen LogP contribution < -0.4 is 0 Å². The van der Waals surface area contributed by atoms with Gasteiger partial charge < -0.3 is 30.1 Å². The zero-order valence-corrected chi connectivity index (χ0v) is 10.5. The summed E-state index contributed by atoms with van der Waals surface area (Å²) in [5.74, 6) is 0.656. The topological polar surface area (TPSA) is 109 Å². The molecule has 0 unspecified atom stereocenters. The van der Waals surface area contributed by atoms with Gasteiger partial charge in [0.1, 0.15) is 30.2 Å². The van der Waals surface area contributed by atoms with Crippen molar-refractivity contribution in [3.05, 3.63) is 11.8 Å². The Hall–Kier alpha value is -0.700. The van der Waals surface area contributed by atoms with E-state index in [4.69, 9.17) is 19.6 Å². The predicted molar refractivity (Wildman–Crippen MR) is 62.5 cm³/mol. The van der Waals surface area contributed by atoms with E-state index < -0.39 is 37.3 Å². The summed E-state index contributed by atoms with van der Waals surface area (Å²) < 4.78 is 5.14. The molecule has 0 bridgehead atoms. The van der Waals surface area contributed by atoms with Crippen molar-refractivity contribution in [2.45, 2.75) is 56.4 Å². The van der Waals surface area contributed by atoms with Crippen LogP contribution in [0.25, 0.3) is 0 Å². The molecule has 19 heavy (non-hydrogen) atoms. The molecule has 0 saturated carbocycles. The maximum atomic E-state index is 9.71. The van der Waals surface area contributed by atoms with Gasteiger partial charge in [-0.3, -0.25) is 0 Å². The van der Waals surface area contributed by atoms with E-state index in [2.05, 4.69) is 0 Å². The Bertz CT molecular complexity index is 317. The molecule has 4 N–H and O–H groups in total. The van der Waals surface area contributed by atoms with Crippen LogP contribution in [0.4, 0.5) is 0 Å². The first kappa shape index (κ1) is 14.7. The first-order valence-electron chi connectivity index (χ1n) is 6.46. The summed E-state index contributed by atoms with van der Waals surface area (Å²) in [6.07, 6.45) is -0.879. The highest BCUT2D eigenvalue weighted by Crippen LogP contribution is 2.24. The van der Waals surface area contributed by atoms with Crippen LogP contribution in [0.2, 0.25) is 0 Å².